The highest BCUT2D eigenvalue weighted by molar-refractivity contribution is 7.99. The van der Waals surface area contributed by atoms with Crippen molar-refractivity contribution in [3.05, 3.63) is 285 Å². The Bertz CT molecular complexity index is 5940. The number of alkyl halides is 3. The first-order valence-corrected chi connectivity index (χ1v) is 55.0. The number of aliphatic hydroxyl groups is 8. The molecule has 18 rings (SSSR count). The Kier molecular flexibility index (Phi) is 35.0. The standard InChI is InChI=1S/C44H50O6S.C39H42O5.C24H35NO6S.C9H17NO4S.C2HF3O.2CH4/c1-28-22-36-41(47,38(28)45)25-31(23-35-37-40(4,5)42(37,24-30(3)43(35,36)48)50-39(46)29(2)27-51-6)26-49-44(32-16-10-7-11-17-32,33-18-12-8-13-19-33)34-20-14-9-15-21-34;1-25-20-32-36(41,34(25)40)23-27(21-31-33-35(3,4)37(33,42)22-26(2)38(31,32)43)24-44-39(28-14-8-5-9-15-28,29-16-10-6-11-17-29)30-18-12-7-13-19-30;1-12-6-17-22(29,19(12)27)9-14(10-26)7-15-18-21(3,4)23(18,8-13(2)24(15,17)30)31-20(28)16(25)11-32-5;1-9(2,3)14-8(13)10-6(5-15-4)7(11)12;3-2(4,5)1-6;;/h7-23,29-30,35-37,47-48H,24-27H2,1-6H3;5-21,26,31-33,41-43H,22-24H2,1-4H3;6-7,13,15-18,26,29-30H,8-11,25H2,1-5H3;6H,5H2,1-4H3,(H,10,13)(H,11,12);1H;2*1H4/t29-,30+,35-,36+,37+,41+,42-,43+;26-,31+,32-,33-,36-,37+,38-;13-,15+,16+,17-,18-,22-,23+,24-;6-;;;/m0110.../s1. The van der Waals surface area contributed by atoms with Crippen molar-refractivity contribution in [3.8, 4) is 0 Å². The number of halogens is 3. The summed E-state index contributed by atoms with van der Waals surface area (Å²) in [7, 11) is 0. The number of ketones is 3. The molecule has 0 radical (unpaired) electrons. The quantitative estimate of drug-likeness (QED) is 0.00833. The van der Waals surface area contributed by atoms with E-state index in [0.29, 0.717) is 58.8 Å². The first kappa shape index (κ1) is 119. The maximum atomic E-state index is 13.9. The summed E-state index contributed by atoms with van der Waals surface area (Å²) in [5, 5.41) is 107. The molecule has 24 nitrogen and oxygen atoms in total. The molecule has 150 heavy (non-hydrogen) atoms. The van der Waals surface area contributed by atoms with Gasteiger partial charge in [-0.05, 0) is 164 Å². The topological polar surface area (TPSA) is 403 Å². The minimum atomic E-state index is -4.64. The highest BCUT2D eigenvalue weighted by Crippen LogP contribution is 2.80. The number of amides is 1. The number of aldehydes is 1. The van der Waals surface area contributed by atoms with Crippen molar-refractivity contribution in [1.82, 2.24) is 5.32 Å². The van der Waals surface area contributed by atoms with Gasteiger partial charge in [-0.2, -0.15) is 48.5 Å². The molecule has 12 N–H and O–H groups in total. The summed E-state index contributed by atoms with van der Waals surface area (Å²) in [6, 6.07) is 59.1. The van der Waals surface area contributed by atoms with Crippen LogP contribution >= 0.6 is 35.3 Å². The summed E-state index contributed by atoms with van der Waals surface area (Å²) in [5.41, 5.74) is -1.01. The Labute approximate surface area is 893 Å². The van der Waals surface area contributed by atoms with Gasteiger partial charge >= 0.3 is 30.2 Å². The molecule has 12 aliphatic rings. The fraction of sp³-hybridized carbons (Fsp3) is 0.533. The van der Waals surface area contributed by atoms with E-state index in [1.807, 2.05) is 175 Å². The third-order valence-corrected chi connectivity index (χ3v) is 37.0. The number of esters is 2. The van der Waals surface area contributed by atoms with Gasteiger partial charge in [0.1, 0.15) is 56.9 Å². The van der Waals surface area contributed by atoms with Crippen molar-refractivity contribution >= 4 is 82.9 Å². The van der Waals surface area contributed by atoms with E-state index in [2.05, 4.69) is 112 Å². The minimum Gasteiger partial charge on any atom is -0.480 e. The van der Waals surface area contributed by atoms with Gasteiger partial charge in [0.25, 0.3) is 0 Å². The van der Waals surface area contributed by atoms with Gasteiger partial charge < -0.3 is 80.7 Å². The lowest BCUT2D eigenvalue weighted by molar-refractivity contribution is -0.188. The number of carboxylic acid groups (broad SMARTS) is 1. The number of carboxylic acids is 1. The van der Waals surface area contributed by atoms with Crippen molar-refractivity contribution in [2.24, 2.45) is 98.9 Å². The van der Waals surface area contributed by atoms with Crippen LogP contribution < -0.4 is 11.1 Å². The molecule has 0 spiro atoms. The molecule has 0 aliphatic heterocycles. The van der Waals surface area contributed by atoms with Crippen LogP contribution in [0.1, 0.15) is 198 Å². The zero-order chi connectivity index (χ0) is 109. The third kappa shape index (κ3) is 20.6. The molecule has 30 heteroatoms. The van der Waals surface area contributed by atoms with Gasteiger partial charge in [0.15, 0.2) is 17.3 Å². The first-order chi connectivity index (χ1) is 69.3. The molecule has 12 aliphatic carbocycles. The molecular weight excluding hydrogens is 1970 g/mol. The number of carbonyl (C=O) groups is 8. The smallest absolute Gasteiger partial charge is 0.446 e. The normalized spacial score (nSPS) is 32.9. The maximum Gasteiger partial charge on any atom is 0.446 e. The van der Waals surface area contributed by atoms with Gasteiger partial charge in [0.2, 0.25) is 6.29 Å². The Balaban J connectivity index is 0.000000184. The van der Waals surface area contributed by atoms with Gasteiger partial charge in [-0.15, -0.1) is 0 Å². The van der Waals surface area contributed by atoms with Crippen molar-refractivity contribution < 1.29 is 121 Å². The Morgan fingerprint density at radius 1 is 0.460 bits per heavy atom. The molecule has 0 bridgehead atoms. The Morgan fingerprint density at radius 3 is 1.05 bits per heavy atom. The van der Waals surface area contributed by atoms with Crippen LogP contribution in [0.5, 0.6) is 0 Å². The number of aliphatic hydroxyl groups excluding tert-OH is 1. The number of ether oxygens (including phenoxy) is 5. The molecule has 6 aromatic rings. The zero-order valence-electron chi connectivity index (χ0n) is 87.8. The van der Waals surface area contributed by atoms with Crippen LogP contribution in [0.3, 0.4) is 0 Å². The van der Waals surface area contributed by atoms with Crippen molar-refractivity contribution in [3.63, 3.8) is 0 Å². The van der Waals surface area contributed by atoms with Crippen LogP contribution in [0, 0.1) is 93.2 Å². The summed E-state index contributed by atoms with van der Waals surface area (Å²) in [4.78, 5) is 97.5. The molecule has 0 saturated heterocycles. The van der Waals surface area contributed by atoms with Crippen LogP contribution in [-0.2, 0) is 68.4 Å². The predicted octanol–water partition coefficient (Wildman–Crippen LogP) is 18.0. The minimum absolute atomic E-state index is 0. The highest BCUT2D eigenvalue weighted by atomic mass is 32.2. The molecule has 6 fully saturated rings. The maximum absolute atomic E-state index is 13.9. The number of hydrogen-bond donors (Lipinski definition) is 11. The number of fused-ring (bicyclic) bond motifs is 15. The molecule has 0 unspecified atom stereocenters. The molecule has 1 amide bonds. The molecule has 6 aromatic carbocycles. The largest absolute Gasteiger partial charge is 0.480 e. The van der Waals surface area contributed by atoms with Gasteiger partial charge in [0.05, 0.1) is 48.1 Å². The number of alkyl carbamates (subject to hydrolysis) is 1. The first-order valence-electron chi connectivity index (χ1n) is 50.8. The lowest BCUT2D eigenvalue weighted by atomic mass is 9.60. The van der Waals surface area contributed by atoms with Gasteiger partial charge in [-0.3, -0.25) is 28.8 Å². The molecule has 814 valence electrons. The second-order valence-corrected chi connectivity index (χ2v) is 48.5. The Hall–Kier alpha value is -9.48. The molecule has 0 heterocycles. The number of nitrogens with two attached hydrogens (primary N) is 1. The number of carbonyl (C=O) groups excluding carboxylic acids is 7. The van der Waals surface area contributed by atoms with E-state index in [1.165, 1.54) is 23.5 Å². The number of rotatable bonds is 25. The lowest BCUT2D eigenvalue weighted by Gasteiger charge is -2.50. The van der Waals surface area contributed by atoms with Gasteiger partial charge in [-0.25, -0.2) is 9.59 Å². The van der Waals surface area contributed by atoms with E-state index >= 15 is 0 Å². The number of hydrogen-bond acceptors (Lipinski definition) is 25. The molecule has 0 aromatic heterocycles. The number of aliphatic carboxylic acids is 1. The van der Waals surface area contributed by atoms with Crippen LogP contribution in [-0.4, -0.2) is 224 Å². The third-order valence-electron chi connectivity index (χ3n) is 34.8. The second-order valence-electron chi connectivity index (χ2n) is 45.8. The summed E-state index contributed by atoms with van der Waals surface area (Å²) >= 11 is 4.44. The number of nitrogens with one attached hydrogen (secondary N) is 1. The van der Waals surface area contributed by atoms with E-state index < -0.39 is 167 Å². The zero-order valence-corrected chi connectivity index (χ0v) is 90.2. The summed E-state index contributed by atoms with van der Waals surface area (Å²) in [6.45, 7) is 30.3. The number of benzene rings is 6. The predicted molar refractivity (Wildman–Crippen MR) is 577 cm³/mol. The fourth-order valence-corrected chi connectivity index (χ4v) is 29.1. The second kappa shape index (κ2) is 44.1. The van der Waals surface area contributed by atoms with Crippen molar-refractivity contribution in [1.29, 1.82) is 0 Å². The molecule has 24 atom stereocenters. The van der Waals surface area contributed by atoms with Crippen molar-refractivity contribution in [2.75, 3.05) is 55.8 Å². The average Bonchev–Trinajstić information content (AvgIpc) is 1.48. The number of Topliss-reactive ketones (excluding diaryl/α,β-unsaturated/α-hetero) is 3. The van der Waals surface area contributed by atoms with Crippen LogP contribution in [0.15, 0.2) is 252 Å². The number of thioether (sulfide) groups is 3. The molecular formula is C120H153F3N2O22S3. The van der Waals surface area contributed by atoms with Crippen LogP contribution in [0.2, 0.25) is 0 Å². The SMILES string of the molecule is C.C.CC1=C[C@H]2[C@@]3(O)[C@H](C)C[C@]4(O)[C@H]([C@@H]3C=C(COC(c3ccccc3)(c3ccccc3)c3ccccc3)C[C@]2(O)C1=O)C4(C)C.CSC[C@H](C)C(=O)O[C@@]12C[C@@H](C)[C@@]3(O)[C@@H](C=C(COC(c4ccccc4)(c4ccccc4)c4ccccc4)C[C@]4(O)C(=O)C(C)=C[C@@H]34)[C@@H]1C2(C)C.CSC[C@H](N)C(=O)O[C@@]12C[C@@H](C)[C@@]3(O)[C@@H](C=C(CO)C[C@]4(O)C(=O)C(C)=C[C@@H]34)[C@@H]1C2(C)C.CSC[C@H](NC(=O)OC(C)(C)C)C(=O)O.O=CC(F)(F)F. The van der Waals surface area contributed by atoms with E-state index in [0.717, 1.165) is 44.5 Å². The summed E-state index contributed by atoms with van der Waals surface area (Å²) < 4.78 is 63.2. The summed E-state index contributed by atoms with van der Waals surface area (Å²) in [6.07, 6.45) is 11.8. The summed E-state index contributed by atoms with van der Waals surface area (Å²) in [5.74, 6) is -7.28. The fourth-order valence-electron chi connectivity index (χ4n) is 27.4. The highest BCUT2D eigenvalue weighted by Gasteiger charge is 2.86. The van der Waals surface area contributed by atoms with Crippen LogP contribution in [0.25, 0.3) is 0 Å². The van der Waals surface area contributed by atoms with Gasteiger partial charge in [0, 0.05) is 106 Å². The molecule has 6 saturated carbocycles. The van der Waals surface area contributed by atoms with Crippen molar-refractivity contribution in [2.45, 2.75) is 250 Å². The Morgan fingerprint density at radius 2 is 0.753 bits per heavy atom. The average molecular weight is 2130 g/mol. The van der Waals surface area contributed by atoms with E-state index in [4.69, 9.17) is 39.3 Å². The van der Waals surface area contributed by atoms with E-state index in [-0.39, 0.29) is 113 Å². The van der Waals surface area contributed by atoms with E-state index in [1.54, 1.807) is 77.8 Å². The lowest BCUT2D eigenvalue weighted by Crippen LogP contribution is -2.61. The van der Waals surface area contributed by atoms with E-state index in [9.17, 15) is 87.6 Å². The monoisotopic (exact) mass is 2130 g/mol. The van der Waals surface area contributed by atoms with Crippen LogP contribution in [0.4, 0.5) is 18.0 Å². The van der Waals surface area contributed by atoms with Gasteiger partial charge in [-0.1, -0.05) is 303 Å².